The number of phenolic OH excluding ortho intramolecular Hbond substituents is 1. The number of anilines is 2. The quantitative estimate of drug-likeness (QED) is 0.845. The third-order valence-corrected chi connectivity index (χ3v) is 5.45. The number of likely N-dealkylation sites (tertiary alicyclic amines) is 1. The SMILES string of the molecule is Cc1cc(C#N)cc(O)c1-c1cc2c(nn1)N(C1CCCN(C)C1)CCN2. The highest BCUT2D eigenvalue weighted by Gasteiger charge is 2.29. The van der Waals surface area contributed by atoms with Gasteiger partial charge in [0.1, 0.15) is 5.75 Å². The average Bonchev–Trinajstić information content (AvgIpc) is 2.66. The third kappa shape index (κ3) is 3.28. The van der Waals surface area contributed by atoms with Crippen molar-refractivity contribution in [1.29, 1.82) is 5.26 Å². The number of nitrogens with one attached hydrogen (secondary N) is 1. The summed E-state index contributed by atoms with van der Waals surface area (Å²) in [5.41, 5.74) is 3.43. The van der Waals surface area contributed by atoms with E-state index in [9.17, 15) is 5.11 Å². The number of aromatic hydroxyl groups is 1. The molecule has 0 bridgehead atoms. The second-order valence-corrected chi connectivity index (χ2v) is 7.44. The van der Waals surface area contributed by atoms with Crippen LogP contribution in [0.1, 0.15) is 24.0 Å². The normalized spacial score (nSPS) is 19.9. The number of likely N-dealkylation sites (N-methyl/N-ethyl adjacent to an activating group) is 1. The van der Waals surface area contributed by atoms with Gasteiger partial charge in [0, 0.05) is 31.2 Å². The fourth-order valence-corrected chi connectivity index (χ4v) is 4.18. The molecule has 2 aliphatic rings. The zero-order valence-corrected chi connectivity index (χ0v) is 15.7. The Morgan fingerprint density at radius 2 is 2.11 bits per heavy atom. The summed E-state index contributed by atoms with van der Waals surface area (Å²) in [4.78, 5) is 4.74. The maximum Gasteiger partial charge on any atom is 0.175 e. The van der Waals surface area contributed by atoms with E-state index in [1.807, 2.05) is 13.0 Å². The van der Waals surface area contributed by atoms with Crippen molar-refractivity contribution in [3.8, 4) is 23.1 Å². The Hall–Kier alpha value is -2.85. The van der Waals surface area contributed by atoms with Gasteiger partial charge in [0.05, 0.1) is 23.0 Å². The molecule has 7 heteroatoms. The van der Waals surface area contributed by atoms with Crippen LogP contribution in [0.4, 0.5) is 11.5 Å². The van der Waals surface area contributed by atoms with E-state index in [0.29, 0.717) is 22.9 Å². The van der Waals surface area contributed by atoms with Crippen LogP contribution in [0.3, 0.4) is 0 Å². The summed E-state index contributed by atoms with van der Waals surface area (Å²) >= 11 is 0. The van der Waals surface area contributed by atoms with Crippen molar-refractivity contribution in [3.63, 3.8) is 0 Å². The zero-order valence-electron chi connectivity index (χ0n) is 15.7. The average molecular weight is 364 g/mol. The lowest BCUT2D eigenvalue weighted by Crippen LogP contribution is -2.50. The second-order valence-electron chi connectivity index (χ2n) is 7.44. The molecule has 0 radical (unpaired) electrons. The molecule has 140 valence electrons. The molecule has 2 aliphatic heterocycles. The fraction of sp³-hybridized carbons (Fsp3) is 0.450. The van der Waals surface area contributed by atoms with Crippen LogP contribution in [0, 0.1) is 18.3 Å². The lowest BCUT2D eigenvalue weighted by atomic mass is 10.0. The van der Waals surface area contributed by atoms with Crippen molar-refractivity contribution in [2.75, 3.05) is 43.4 Å². The molecule has 27 heavy (non-hydrogen) atoms. The number of aryl methyl sites for hydroxylation is 1. The number of aromatic nitrogens is 2. The predicted molar refractivity (Wildman–Crippen MR) is 105 cm³/mol. The first-order chi connectivity index (χ1) is 13.1. The van der Waals surface area contributed by atoms with Gasteiger partial charge in [0.2, 0.25) is 0 Å². The summed E-state index contributed by atoms with van der Waals surface area (Å²) in [5, 5.41) is 31.8. The van der Waals surface area contributed by atoms with Gasteiger partial charge >= 0.3 is 0 Å². The lowest BCUT2D eigenvalue weighted by Gasteiger charge is -2.41. The molecule has 0 saturated carbocycles. The zero-order chi connectivity index (χ0) is 19.0. The molecule has 1 saturated heterocycles. The minimum Gasteiger partial charge on any atom is -0.507 e. The third-order valence-electron chi connectivity index (χ3n) is 5.45. The van der Waals surface area contributed by atoms with E-state index >= 15 is 0 Å². The largest absolute Gasteiger partial charge is 0.507 e. The van der Waals surface area contributed by atoms with Crippen LogP contribution in [0.15, 0.2) is 18.2 Å². The summed E-state index contributed by atoms with van der Waals surface area (Å²) in [7, 11) is 2.17. The Balaban J connectivity index is 1.69. The van der Waals surface area contributed by atoms with E-state index in [0.717, 1.165) is 43.2 Å². The molecular formula is C20H24N6O. The number of hydrogen-bond acceptors (Lipinski definition) is 7. The Bertz CT molecular complexity index is 883. The standard InChI is InChI=1S/C20H24N6O/c1-13-8-14(11-21)9-18(27)19(13)16-10-17-20(24-23-16)26(7-5-22-17)15-4-3-6-25(2)12-15/h8-10,15,22,27H,3-7,12H2,1-2H3. The predicted octanol–water partition coefficient (Wildman–Crippen LogP) is 2.36. The van der Waals surface area contributed by atoms with Crippen LogP contribution in [-0.2, 0) is 0 Å². The van der Waals surface area contributed by atoms with Crippen LogP contribution < -0.4 is 10.2 Å². The second kappa shape index (κ2) is 7.05. The summed E-state index contributed by atoms with van der Waals surface area (Å²) in [5.74, 6) is 0.943. The molecule has 2 aromatic rings. The molecule has 1 atom stereocenters. The maximum atomic E-state index is 10.4. The number of hydrogen-bond donors (Lipinski definition) is 2. The molecule has 7 nitrogen and oxygen atoms in total. The summed E-state index contributed by atoms with van der Waals surface area (Å²) in [6.45, 7) is 5.83. The van der Waals surface area contributed by atoms with E-state index in [1.165, 1.54) is 18.9 Å². The summed E-state index contributed by atoms with van der Waals surface area (Å²) < 4.78 is 0. The van der Waals surface area contributed by atoms with Gasteiger partial charge in [0.15, 0.2) is 5.82 Å². The highest BCUT2D eigenvalue weighted by atomic mass is 16.3. The molecular weight excluding hydrogens is 340 g/mol. The van der Waals surface area contributed by atoms with Gasteiger partial charge in [-0.05, 0) is 57.1 Å². The van der Waals surface area contributed by atoms with Gasteiger partial charge in [-0.1, -0.05) is 0 Å². The number of fused-ring (bicyclic) bond motifs is 1. The summed E-state index contributed by atoms with van der Waals surface area (Å²) in [6.07, 6.45) is 2.37. The van der Waals surface area contributed by atoms with Crippen molar-refractivity contribution in [1.82, 2.24) is 15.1 Å². The Kier molecular flexibility index (Phi) is 4.58. The van der Waals surface area contributed by atoms with Crippen LogP contribution in [0.5, 0.6) is 5.75 Å². The van der Waals surface area contributed by atoms with E-state index in [2.05, 4.69) is 38.4 Å². The van der Waals surface area contributed by atoms with Crippen molar-refractivity contribution in [2.45, 2.75) is 25.8 Å². The molecule has 0 amide bonds. The number of nitriles is 1. The minimum absolute atomic E-state index is 0.0578. The summed E-state index contributed by atoms with van der Waals surface area (Å²) in [6, 6.07) is 7.70. The van der Waals surface area contributed by atoms with Crippen LogP contribution in [0.2, 0.25) is 0 Å². The van der Waals surface area contributed by atoms with Gasteiger partial charge in [0.25, 0.3) is 0 Å². The highest BCUT2D eigenvalue weighted by molar-refractivity contribution is 5.78. The van der Waals surface area contributed by atoms with Gasteiger partial charge in [-0.3, -0.25) is 0 Å². The lowest BCUT2D eigenvalue weighted by molar-refractivity contribution is 0.244. The number of piperidine rings is 1. The number of benzene rings is 1. The molecule has 1 aromatic carbocycles. The van der Waals surface area contributed by atoms with Crippen LogP contribution >= 0.6 is 0 Å². The minimum atomic E-state index is 0.0578. The Morgan fingerprint density at radius 1 is 1.26 bits per heavy atom. The van der Waals surface area contributed by atoms with Gasteiger partial charge < -0.3 is 20.2 Å². The van der Waals surface area contributed by atoms with Gasteiger partial charge in [-0.15, -0.1) is 10.2 Å². The van der Waals surface area contributed by atoms with E-state index in [4.69, 9.17) is 5.26 Å². The van der Waals surface area contributed by atoms with Crippen LogP contribution in [0.25, 0.3) is 11.3 Å². The molecule has 3 heterocycles. The maximum absolute atomic E-state index is 10.4. The van der Waals surface area contributed by atoms with Gasteiger partial charge in [-0.2, -0.15) is 5.26 Å². The number of rotatable bonds is 2. The molecule has 1 fully saturated rings. The van der Waals surface area contributed by atoms with Crippen LogP contribution in [-0.4, -0.2) is 59.5 Å². The fourth-order valence-electron chi connectivity index (χ4n) is 4.18. The Labute approximate surface area is 159 Å². The number of nitrogens with zero attached hydrogens (tertiary/aromatic N) is 5. The highest BCUT2D eigenvalue weighted by Crippen LogP contribution is 2.37. The Morgan fingerprint density at radius 3 is 2.85 bits per heavy atom. The van der Waals surface area contributed by atoms with Crippen molar-refractivity contribution in [3.05, 3.63) is 29.3 Å². The first kappa shape index (κ1) is 17.6. The van der Waals surface area contributed by atoms with E-state index in [-0.39, 0.29) is 5.75 Å². The molecule has 0 aliphatic carbocycles. The van der Waals surface area contributed by atoms with Crippen molar-refractivity contribution < 1.29 is 5.11 Å². The first-order valence-corrected chi connectivity index (χ1v) is 9.37. The molecule has 1 unspecified atom stereocenters. The molecule has 2 N–H and O–H groups in total. The smallest absolute Gasteiger partial charge is 0.175 e. The molecule has 1 aromatic heterocycles. The van der Waals surface area contributed by atoms with E-state index < -0.39 is 0 Å². The van der Waals surface area contributed by atoms with Crippen molar-refractivity contribution >= 4 is 11.5 Å². The van der Waals surface area contributed by atoms with Gasteiger partial charge in [-0.25, -0.2) is 0 Å². The molecule has 0 spiro atoms. The topological polar surface area (TPSA) is 88.3 Å². The van der Waals surface area contributed by atoms with Crippen molar-refractivity contribution in [2.24, 2.45) is 0 Å². The number of phenols is 1. The monoisotopic (exact) mass is 364 g/mol. The van der Waals surface area contributed by atoms with E-state index in [1.54, 1.807) is 6.07 Å². The first-order valence-electron chi connectivity index (χ1n) is 9.37. The molecule has 4 rings (SSSR count).